The van der Waals surface area contributed by atoms with Crippen molar-refractivity contribution in [1.29, 1.82) is 0 Å². The number of carboxylic acid groups (broad SMARTS) is 1. The lowest BCUT2D eigenvalue weighted by molar-refractivity contribution is -0.147. The van der Waals surface area contributed by atoms with E-state index in [0.717, 1.165) is 16.9 Å². The lowest BCUT2D eigenvalue weighted by Crippen LogP contribution is -2.39. The van der Waals surface area contributed by atoms with E-state index in [4.69, 9.17) is 0 Å². The molecular formula is C15H17NO3S. The van der Waals surface area contributed by atoms with Crippen LogP contribution in [0.4, 0.5) is 0 Å². The molecule has 2 bridgehead atoms. The normalized spacial score (nSPS) is 30.6. The van der Waals surface area contributed by atoms with Gasteiger partial charge in [-0.15, -0.1) is 11.3 Å². The summed E-state index contributed by atoms with van der Waals surface area (Å²) in [6.45, 7) is 2.50. The van der Waals surface area contributed by atoms with Gasteiger partial charge in [-0.25, -0.2) is 0 Å². The van der Waals surface area contributed by atoms with E-state index in [9.17, 15) is 14.7 Å². The number of fused-ring (bicyclic) bond motifs is 2. The van der Waals surface area contributed by atoms with E-state index in [2.05, 4.69) is 5.32 Å². The monoisotopic (exact) mass is 291 g/mol. The molecule has 5 heteroatoms. The Morgan fingerprint density at radius 2 is 2.05 bits per heavy atom. The summed E-state index contributed by atoms with van der Waals surface area (Å²) in [5.41, 5.74) is 1.16. The van der Waals surface area contributed by atoms with Crippen molar-refractivity contribution >= 4 is 23.2 Å². The molecule has 4 atom stereocenters. The predicted molar refractivity (Wildman–Crippen MR) is 76.3 cm³/mol. The largest absolute Gasteiger partial charge is 0.481 e. The van der Waals surface area contributed by atoms with Crippen molar-refractivity contribution in [3.8, 4) is 0 Å². The number of carbonyl (C=O) groups excluding carboxylic acids is 1. The van der Waals surface area contributed by atoms with Crippen molar-refractivity contribution < 1.29 is 14.7 Å². The second kappa shape index (κ2) is 5.05. The molecule has 4 nitrogen and oxygen atoms in total. The molecule has 1 heterocycles. The van der Waals surface area contributed by atoms with Gasteiger partial charge in [0.1, 0.15) is 0 Å². The fraction of sp³-hybridized carbons (Fsp3) is 0.467. The van der Waals surface area contributed by atoms with Crippen molar-refractivity contribution in [3.63, 3.8) is 0 Å². The van der Waals surface area contributed by atoms with Crippen LogP contribution in [0.15, 0.2) is 23.6 Å². The predicted octanol–water partition coefficient (Wildman–Crippen LogP) is 2.20. The van der Waals surface area contributed by atoms with Gasteiger partial charge in [-0.05, 0) is 42.2 Å². The zero-order valence-electron chi connectivity index (χ0n) is 11.2. The average molecular weight is 291 g/mol. The number of hydrogen-bond acceptors (Lipinski definition) is 3. The first-order chi connectivity index (χ1) is 9.58. The molecule has 3 rings (SSSR count). The van der Waals surface area contributed by atoms with E-state index in [0.29, 0.717) is 6.54 Å². The maximum atomic E-state index is 12.4. The minimum absolute atomic E-state index is 0.0247. The van der Waals surface area contributed by atoms with Crippen molar-refractivity contribution in [1.82, 2.24) is 5.32 Å². The van der Waals surface area contributed by atoms with Crippen LogP contribution in [-0.4, -0.2) is 17.0 Å². The molecule has 1 aromatic heterocycles. The van der Waals surface area contributed by atoms with Crippen molar-refractivity contribution in [2.75, 3.05) is 0 Å². The summed E-state index contributed by atoms with van der Waals surface area (Å²) in [5, 5.41) is 14.2. The molecule has 20 heavy (non-hydrogen) atoms. The molecule has 0 aliphatic heterocycles. The Morgan fingerprint density at radius 1 is 1.35 bits per heavy atom. The fourth-order valence-corrected chi connectivity index (χ4v) is 4.23. The van der Waals surface area contributed by atoms with Crippen molar-refractivity contribution in [2.45, 2.75) is 19.9 Å². The van der Waals surface area contributed by atoms with Crippen LogP contribution < -0.4 is 5.32 Å². The van der Waals surface area contributed by atoms with Crippen LogP contribution in [0.3, 0.4) is 0 Å². The number of carbonyl (C=O) groups is 2. The Labute approximate surface area is 121 Å². The van der Waals surface area contributed by atoms with Gasteiger partial charge in [-0.3, -0.25) is 9.59 Å². The van der Waals surface area contributed by atoms with E-state index in [1.807, 2.05) is 30.5 Å². The van der Waals surface area contributed by atoms with Gasteiger partial charge in [-0.1, -0.05) is 12.2 Å². The second-order valence-electron chi connectivity index (χ2n) is 5.58. The summed E-state index contributed by atoms with van der Waals surface area (Å²) in [6.07, 6.45) is 4.76. The Kier molecular flexibility index (Phi) is 3.38. The standard InChI is InChI=1S/C15H17NO3S/c1-8-4-5-20-11(8)7-16-14(17)12-9-2-3-10(6-9)13(12)15(18)19/h2-5,9-10,12-13H,6-7H2,1H3,(H,16,17)(H,18,19)/t9-,10-,12-,13-/m0/s1. The molecular weight excluding hydrogens is 274 g/mol. The first kappa shape index (κ1) is 13.4. The Hall–Kier alpha value is -1.62. The molecule has 1 aromatic rings. The highest BCUT2D eigenvalue weighted by Crippen LogP contribution is 2.48. The minimum atomic E-state index is -0.852. The number of allylic oxidation sites excluding steroid dienone is 2. The second-order valence-corrected chi connectivity index (χ2v) is 6.58. The average Bonchev–Trinajstić information content (AvgIpc) is 3.10. The summed E-state index contributed by atoms with van der Waals surface area (Å²) in [5.74, 6) is -1.84. The SMILES string of the molecule is Cc1ccsc1CNC(=O)[C@@H]1[C@@H](C(=O)O)[C@H]2C=C[C@H]1C2. The number of carboxylic acids is 1. The number of nitrogens with one attached hydrogen (secondary N) is 1. The zero-order chi connectivity index (χ0) is 14.3. The molecule has 1 saturated carbocycles. The highest BCUT2D eigenvalue weighted by atomic mass is 32.1. The molecule has 0 unspecified atom stereocenters. The first-order valence-electron chi connectivity index (χ1n) is 6.79. The minimum Gasteiger partial charge on any atom is -0.481 e. The molecule has 0 radical (unpaired) electrons. The molecule has 2 aliphatic carbocycles. The number of amides is 1. The van der Waals surface area contributed by atoms with Gasteiger partial charge in [0.25, 0.3) is 0 Å². The van der Waals surface area contributed by atoms with Gasteiger partial charge in [-0.2, -0.15) is 0 Å². The van der Waals surface area contributed by atoms with Crippen LogP contribution in [-0.2, 0) is 16.1 Å². The maximum Gasteiger partial charge on any atom is 0.307 e. The molecule has 0 saturated heterocycles. The highest BCUT2D eigenvalue weighted by Gasteiger charge is 2.51. The summed E-state index contributed by atoms with van der Waals surface area (Å²) in [6, 6.07) is 2.02. The van der Waals surface area contributed by atoms with Crippen LogP contribution in [0, 0.1) is 30.6 Å². The van der Waals surface area contributed by atoms with E-state index < -0.39 is 17.8 Å². The van der Waals surface area contributed by atoms with E-state index in [1.54, 1.807) is 11.3 Å². The number of aliphatic carboxylic acids is 1. The van der Waals surface area contributed by atoms with E-state index in [1.165, 1.54) is 0 Å². The Morgan fingerprint density at radius 3 is 2.65 bits per heavy atom. The van der Waals surface area contributed by atoms with Crippen molar-refractivity contribution in [2.24, 2.45) is 23.7 Å². The first-order valence-corrected chi connectivity index (χ1v) is 7.67. The smallest absolute Gasteiger partial charge is 0.307 e. The summed E-state index contributed by atoms with van der Waals surface area (Å²) in [7, 11) is 0. The van der Waals surface area contributed by atoms with Gasteiger partial charge >= 0.3 is 5.97 Å². The van der Waals surface area contributed by atoms with Crippen LogP contribution in [0.2, 0.25) is 0 Å². The fourth-order valence-electron chi connectivity index (χ4n) is 3.39. The van der Waals surface area contributed by atoms with Gasteiger partial charge in [0, 0.05) is 4.88 Å². The maximum absolute atomic E-state index is 12.4. The third-order valence-electron chi connectivity index (χ3n) is 4.44. The Balaban J connectivity index is 1.69. The lowest BCUT2D eigenvalue weighted by Gasteiger charge is -2.23. The van der Waals surface area contributed by atoms with Crippen molar-refractivity contribution in [3.05, 3.63) is 34.0 Å². The zero-order valence-corrected chi connectivity index (χ0v) is 12.0. The molecule has 0 aromatic carbocycles. The third kappa shape index (κ3) is 2.16. The van der Waals surface area contributed by atoms with Gasteiger partial charge in [0.15, 0.2) is 0 Å². The van der Waals surface area contributed by atoms with Crippen LogP contribution in [0.25, 0.3) is 0 Å². The molecule has 1 amide bonds. The molecule has 0 spiro atoms. The quantitative estimate of drug-likeness (QED) is 0.836. The third-order valence-corrected chi connectivity index (χ3v) is 5.46. The van der Waals surface area contributed by atoms with Gasteiger partial charge in [0.05, 0.1) is 18.4 Å². The summed E-state index contributed by atoms with van der Waals surface area (Å²) in [4.78, 5) is 24.9. The topological polar surface area (TPSA) is 66.4 Å². The molecule has 2 N–H and O–H groups in total. The number of hydrogen-bond donors (Lipinski definition) is 2. The van der Waals surface area contributed by atoms with Gasteiger partial charge in [0.2, 0.25) is 5.91 Å². The number of aryl methyl sites for hydroxylation is 1. The van der Waals surface area contributed by atoms with Crippen LogP contribution in [0.1, 0.15) is 16.9 Å². The van der Waals surface area contributed by atoms with E-state index >= 15 is 0 Å². The Bertz CT molecular complexity index is 577. The van der Waals surface area contributed by atoms with Gasteiger partial charge < -0.3 is 10.4 Å². The molecule has 2 aliphatic rings. The summed E-state index contributed by atoms with van der Waals surface area (Å²) >= 11 is 1.61. The number of rotatable bonds is 4. The highest BCUT2D eigenvalue weighted by molar-refractivity contribution is 7.10. The van der Waals surface area contributed by atoms with Crippen LogP contribution in [0.5, 0.6) is 0 Å². The summed E-state index contributed by atoms with van der Waals surface area (Å²) < 4.78 is 0. The van der Waals surface area contributed by atoms with Crippen LogP contribution >= 0.6 is 11.3 Å². The van der Waals surface area contributed by atoms with E-state index in [-0.39, 0.29) is 17.7 Å². The lowest BCUT2D eigenvalue weighted by atomic mass is 9.82. The molecule has 106 valence electrons. The molecule has 1 fully saturated rings. The number of thiophene rings is 1.